The molecule has 0 saturated carbocycles. The first kappa shape index (κ1) is 24.7. The zero-order valence-electron chi connectivity index (χ0n) is 20.7. The Bertz CT molecular complexity index is 1390. The van der Waals surface area contributed by atoms with Gasteiger partial charge in [0, 0.05) is 25.7 Å². The molecule has 0 aliphatic carbocycles. The fourth-order valence-corrected chi connectivity index (χ4v) is 4.75. The van der Waals surface area contributed by atoms with Crippen LogP contribution in [0.3, 0.4) is 0 Å². The molecule has 0 radical (unpaired) electrons. The van der Waals surface area contributed by atoms with Gasteiger partial charge in [-0.2, -0.15) is 13.2 Å². The lowest BCUT2D eigenvalue weighted by Gasteiger charge is -2.41. The number of rotatable bonds is 2. The number of aliphatic imine (C=N–C) groups is 1. The van der Waals surface area contributed by atoms with E-state index in [2.05, 4.69) is 0 Å². The number of benzene rings is 3. The molecule has 1 atom stereocenters. The molecule has 0 N–H and O–H groups in total. The number of fused-ring (bicyclic) bond motifs is 2. The van der Waals surface area contributed by atoms with Crippen molar-refractivity contribution in [2.75, 3.05) is 26.7 Å². The summed E-state index contributed by atoms with van der Waals surface area (Å²) in [6.07, 6.45) is -4.61. The van der Waals surface area contributed by atoms with E-state index in [1.807, 2.05) is 55.1 Å². The lowest BCUT2D eigenvalue weighted by Crippen LogP contribution is -2.55. The Morgan fingerprint density at radius 1 is 1.05 bits per heavy atom. The fourth-order valence-electron chi connectivity index (χ4n) is 4.75. The van der Waals surface area contributed by atoms with Gasteiger partial charge in [-0.1, -0.05) is 18.2 Å². The normalized spacial score (nSPS) is 17.2. The van der Waals surface area contributed by atoms with Gasteiger partial charge in [-0.15, -0.1) is 0 Å². The van der Waals surface area contributed by atoms with E-state index in [0.29, 0.717) is 41.9 Å². The first-order valence-corrected chi connectivity index (χ1v) is 11.9. The van der Waals surface area contributed by atoms with Crippen LogP contribution in [0.4, 0.5) is 18.9 Å². The Morgan fingerprint density at radius 2 is 1.84 bits per heavy atom. The molecule has 2 aliphatic heterocycles. The predicted molar refractivity (Wildman–Crippen MR) is 134 cm³/mol. The van der Waals surface area contributed by atoms with Gasteiger partial charge in [0.05, 0.1) is 23.8 Å². The second-order valence-electron chi connectivity index (χ2n) is 9.21. The Hall–Kier alpha value is -4.01. The van der Waals surface area contributed by atoms with Crippen molar-refractivity contribution in [2.24, 2.45) is 4.99 Å². The number of amides is 1. The number of hydrogen-bond acceptors (Lipinski definition) is 5. The van der Waals surface area contributed by atoms with Crippen molar-refractivity contribution in [3.8, 4) is 17.2 Å². The van der Waals surface area contributed by atoms with Gasteiger partial charge in [0.1, 0.15) is 23.0 Å². The highest BCUT2D eigenvalue weighted by molar-refractivity contribution is 6.04. The lowest BCUT2D eigenvalue weighted by molar-refractivity contribution is -0.138. The minimum Gasteiger partial charge on any atom is -0.497 e. The van der Waals surface area contributed by atoms with Crippen LogP contribution in [-0.4, -0.2) is 54.3 Å². The standard InChI is InChI=1S/C28H26F3N3O3/c1-17-8-10-23-25(14-17)37-24-11-9-19(36-3)15-21(24)26(32-23)33-12-13-34(18(2)16-33)27(35)20-6-4-5-7-22(20)28(29,30)31/h4-11,14-15,18H,12-13,16H2,1-3H3/t18-/m0/s1. The monoisotopic (exact) mass is 509 g/mol. The van der Waals surface area contributed by atoms with Crippen molar-refractivity contribution >= 4 is 17.4 Å². The van der Waals surface area contributed by atoms with Crippen molar-refractivity contribution in [2.45, 2.75) is 26.1 Å². The van der Waals surface area contributed by atoms with E-state index in [1.165, 1.54) is 23.1 Å². The minimum atomic E-state index is -4.61. The third kappa shape index (κ3) is 4.73. The smallest absolute Gasteiger partial charge is 0.417 e. The molecule has 1 saturated heterocycles. The van der Waals surface area contributed by atoms with E-state index in [-0.39, 0.29) is 18.2 Å². The van der Waals surface area contributed by atoms with E-state index in [9.17, 15) is 18.0 Å². The zero-order valence-corrected chi connectivity index (χ0v) is 20.7. The average molecular weight is 510 g/mol. The molecule has 2 heterocycles. The van der Waals surface area contributed by atoms with Crippen LogP contribution in [-0.2, 0) is 6.18 Å². The van der Waals surface area contributed by atoms with Crippen LogP contribution >= 0.6 is 0 Å². The molecule has 1 amide bonds. The van der Waals surface area contributed by atoms with Crippen LogP contribution in [0.5, 0.6) is 17.2 Å². The summed E-state index contributed by atoms with van der Waals surface area (Å²) in [4.78, 5) is 21.7. The number of halogens is 3. The van der Waals surface area contributed by atoms with Gasteiger partial charge in [-0.05, 0) is 61.9 Å². The SMILES string of the molecule is COc1ccc2c(c1)C(N1CCN(C(=O)c3ccccc3C(F)(F)F)[C@@H](C)C1)=Nc1ccc(C)cc1O2. The number of ether oxygens (including phenoxy) is 2. The number of amidine groups is 1. The zero-order chi connectivity index (χ0) is 26.3. The number of piperazine rings is 1. The highest BCUT2D eigenvalue weighted by atomic mass is 19.4. The van der Waals surface area contributed by atoms with Crippen molar-refractivity contribution in [3.63, 3.8) is 0 Å². The summed E-state index contributed by atoms with van der Waals surface area (Å²) in [5.74, 6) is 1.92. The average Bonchev–Trinajstić information content (AvgIpc) is 3.03. The van der Waals surface area contributed by atoms with Crippen LogP contribution in [0.1, 0.15) is 34.0 Å². The number of alkyl halides is 3. The second kappa shape index (κ2) is 9.46. The summed E-state index contributed by atoms with van der Waals surface area (Å²) in [5.41, 5.74) is 1.18. The Morgan fingerprint density at radius 3 is 2.57 bits per heavy atom. The van der Waals surface area contributed by atoms with E-state index in [1.54, 1.807) is 7.11 Å². The van der Waals surface area contributed by atoms with Crippen molar-refractivity contribution < 1.29 is 27.4 Å². The van der Waals surface area contributed by atoms with Gasteiger partial charge in [-0.25, -0.2) is 4.99 Å². The number of aryl methyl sites for hydroxylation is 1. The summed E-state index contributed by atoms with van der Waals surface area (Å²) in [5, 5.41) is 0. The summed E-state index contributed by atoms with van der Waals surface area (Å²) >= 11 is 0. The van der Waals surface area contributed by atoms with Gasteiger partial charge < -0.3 is 19.3 Å². The van der Waals surface area contributed by atoms with E-state index in [0.717, 1.165) is 17.2 Å². The van der Waals surface area contributed by atoms with Gasteiger partial charge in [0.2, 0.25) is 0 Å². The topological polar surface area (TPSA) is 54.4 Å². The molecule has 0 bridgehead atoms. The molecule has 9 heteroatoms. The molecular weight excluding hydrogens is 483 g/mol. The number of nitrogens with zero attached hydrogens (tertiary/aromatic N) is 3. The number of hydrogen-bond donors (Lipinski definition) is 0. The molecule has 3 aromatic rings. The maximum atomic E-state index is 13.5. The molecule has 1 fully saturated rings. The molecular formula is C28H26F3N3O3. The number of carbonyl (C=O) groups excluding carboxylic acids is 1. The Balaban J connectivity index is 1.47. The molecule has 0 aromatic heterocycles. The van der Waals surface area contributed by atoms with E-state index < -0.39 is 17.6 Å². The predicted octanol–water partition coefficient (Wildman–Crippen LogP) is 6.05. The van der Waals surface area contributed by atoms with Crippen molar-refractivity contribution in [1.82, 2.24) is 9.80 Å². The summed E-state index contributed by atoms with van der Waals surface area (Å²) in [6.45, 7) is 4.82. The van der Waals surface area contributed by atoms with Gasteiger partial charge in [0.15, 0.2) is 5.75 Å². The first-order valence-electron chi connectivity index (χ1n) is 11.9. The van der Waals surface area contributed by atoms with Crippen LogP contribution in [0.25, 0.3) is 0 Å². The second-order valence-corrected chi connectivity index (χ2v) is 9.21. The molecule has 6 nitrogen and oxygen atoms in total. The molecule has 3 aromatic carbocycles. The molecule has 37 heavy (non-hydrogen) atoms. The number of methoxy groups -OCH3 is 1. The fraction of sp³-hybridized carbons (Fsp3) is 0.286. The summed E-state index contributed by atoms with van der Waals surface area (Å²) in [6, 6.07) is 15.8. The van der Waals surface area contributed by atoms with Gasteiger partial charge in [0.25, 0.3) is 5.91 Å². The minimum absolute atomic E-state index is 0.242. The van der Waals surface area contributed by atoms with Gasteiger partial charge >= 0.3 is 6.18 Å². The molecule has 0 spiro atoms. The van der Waals surface area contributed by atoms with E-state index in [4.69, 9.17) is 14.5 Å². The van der Waals surface area contributed by atoms with Crippen molar-refractivity contribution in [3.05, 3.63) is 82.9 Å². The van der Waals surface area contributed by atoms with Crippen molar-refractivity contribution in [1.29, 1.82) is 0 Å². The van der Waals surface area contributed by atoms with Gasteiger partial charge in [-0.3, -0.25) is 4.79 Å². The largest absolute Gasteiger partial charge is 0.497 e. The maximum absolute atomic E-state index is 13.5. The lowest BCUT2D eigenvalue weighted by atomic mass is 10.0. The Kier molecular flexibility index (Phi) is 6.31. The molecule has 2 aliphatic rings. The summed E-state index contributed by atoms with van der Waals surface area (Å²) in [7, 11) is 1.58. The maximum Gasteiger partial charge on any atom is 0.417 e. The summed E-state index contributed by atoms with van der Waals surface area (Å²) < 4.78 is 52.3. The molecule has 0 unspecified atom stereocenters. The van der Waals surface area contributed by atoms with E-state index >= 15 is 0 Å². The molecule has 192 valence electrons. The van der Waals surface area contributed by atoms with Crippen LogP contribution in [0, 0.1) is 6.92 Å². The third-order valence-electron chi connectivity index (χ3n) is 6.64. The quantitative estimate of drug-likeness (QED) is 0.422. The molecule has 5 rings (SSSR count). The van der Waals surface area contributed by atoms with Crippen LogP contribution < -0.4 is 9.47 Å². The third-order valence-corrected chi connectivity index (χ3v) is 6.64. The Labute approximate surface area is 212 Å². The highest BCUT2D eigenvalue weighted by Crippen LogP contribution is 2.40. The van der Waals surface area contributed by atoms with Crippen LogP contribution in [0.2, 0.25) is 0 Å². The highest BCUT2D eigenvalue weighted by Gasteiger charge is 2.38. The first-order chi connectivity index (χ1) is 17.7. The number of carbonyl (C=O) groups is 1. The van der Waals surface area contributed by atoms with Crippen LogP contribution in [0.15, 0.2) is 65.7 Å².